The number of rotatable bonds is 2. The van der Waals surface area contributed by atoms with Crippen molar-refractivity contribution in [2.75, 3.05) is 5.32 Å². The zero-order valence-electron chi connectivity index (χ0n) is 9.16. The molecule has 2 rings (SSSR count). The summed E-state index contributed by atoms with van der Waals surface area (Å²) in [4.78, 5) is 23.3. The number of hydrogen-bond acceptors (Lipinski definition) is 3. The van der Waals surface area contributed by atoms with Gasteiger partial charge in [-0.25, -0.2) is 0 Å². The monoisotopic (exact) mass is 316 g/mol. The summed E-state index contributed by atoms with van der Waals surface area (Å²) in [6.45, 7) is 0. The standard InChI is InChI=1S/C11H13BrN2O2S/c12-7-5-17-6-9(7)14-11(16)8-3-1-2-4-10(15)13-8/h5-6,8H,1-4H2,(H,13,15)(H,14,16). The molecule has 4 nitrogen and oxygen atoms in total. The molecular weight excluding hydrogens is 304 g/mol. The number of anilines is 1. The molecule has 1 aromatic heterocycles. The van der Waals surface area contributed by atoms with Gasteiger partial charge in [0.15, 0.2) is 0 Å². The van der Waals surface area contributed by atoms with Crippen LogP contribution in [0.2, 0.25) is 0 Å². The zero-order chi connectivity index (χ0) is 12.3. The Kier molecular flexibility index (Phi) is 4.17. The number of nitrogens with one attached hydrogen (secondary N) is 2. The average Bonchev–Trinajstić information content (AvgIpc) is 2.57. The largest absolute Gasteiger partial charge is 0.344 e. The van der Waals surface area contributed by atoms with Crippen molar-refractivity contribution in [2.45, 2.75) is 31.7 Å². The summed E-state index contributed by atoms with van der Waals surface area (Å²) in [7, 11) is 0. The molecule has 1 fully saturated rings. The normalized spacial score (nSPS) is 20.5. The minimum Gasteiger partial charge on any atom is -0.344 e. The Morgan fingerprint density at radius 2 is 2.29 bits per heavy atom. The Hall–Kier alpha value is -0.880. The van der Waals surface area contributed by atoms with Crippen LogP contribution in [0.25, 0.3) is 0 Å². The Bertz CT molecular complexity index is 433. The molecule has 2 N–H and O–H groups in total. The lowest BCUT2D eigenvalue weighted by Crippen LogP contribution is -2.42. The van der Waals surface area contributed by atoms with Crippen molar-refractivity contribution < 1.29 is 9.59 Å². The molecule has 1 aliphatic heterocycles. The molecule has 0 spiro atoms. The van der Waals surface area contributed by atoms with E-state index in [1.54, 1.807) is 0 Å². The van der Waals surface area contributed by atoms with Crippen molar-refractivity contribution in [3.63, 3.8) is 0 Å². The van der Waals surface area contributed by atoms with Crippen molar-refractivity contribution in [2.24, 2.45) is 0 Å². The van der Waals surface area contributed by atoms with Gasteiger partial charge in [0.2, 0.25) is 11.8 Å². The van der Waals surface area contributed by atoms with Gasteiger partial charge in [-0.1, -0.05) is 6.42 Å². The number of halogens is 1. The summed E-state index contributed by atoms with van der Waals surface area (Å²) in [5.41, 5.74) is 0.762. The van der Waals surface area contributed by atoms with E-state index < -0.39 is 6.04 Å². The van der Waals surface area contributed by atoms with Gasteiger partial charge < -0.3 is 10.6 Å². The third-order valence-electron chi connectivity index (χ3n) is 2.67. The quantitative estimate of drug-likeness (QED) is 0.880. The van der Waals surface area contributed by atoms with Gasteiger partial charge in [0.1, 0.15) is 6.04 Å². The van der Waals surface area contributed by atoms with E-state index in [0.717, 1.165) is 23.0 Å². The predicted octanol–water partition coefficient (Wildman–Crippen LogP) is 2.51. The third kappa shape index (κ3) is 3.29. The number of amides is 2. The lowest BCUT2D eigenvalue weighted by molar-refractivity contribution is -0.125. The van der Waals surface area contributed by atoms with Gasteiger partial charge >= 0.3 is 0 Å². The van der Waals surface area contributed by atoms with Crippen molar-refractivity contribution in [3.05, 3.63) is 15.2 Å². The highest BCUT2D eigenvalue weighted by atomic mass is 79.9. The van der Waals surface area contributed by atoms with Gasteiger partial charge in [0, 0.05) is 17.2 Å². The summed E-state index contributed by atoms with van der Waals surface area (Å²) < 4.78 is 0.871. The first-order valence-corrected chi connectivity index (χ1v) is 7.22. The van der Waals surface area contributed by atoms with Crippen molar-refractivity contribution in [1.29, 1.82) is 0 Å². The first-order valence-electron chi connectivity index (χ1n) is 5.49. The van der Waals surface area contributed by atoms with Crippen molar-refractivity contribution in [1.82, 2.24) is 5.32 Å². The van der Waals surface area contributed by atoms with Crippen molar-refractivity contribution >= 4 is 44.8 Å². The van der Waals surface area contributed by atoms with Crippen LogP contribution in [0.15, 0.2) is 15.2 Å². The molecule has 92 valence electrons. The van der Waals surface area contributed by atoms with Crippen molar-refractivity contribution in [3.8, 4) is 0 Å². The molecule has 17 heavy (non-hydrogen) atoms. The van der Waals surface area contributed by atoms with Gasteiger partial charge in [-0.3, -0.25) is 9.59 Å². The molecule has 0 radical (unpaired) electrons. The van der Waals surface area contributed by atoms with E-state index in [0.29, 0.717) is 12.8 Å². The average molecular weight is 317 g/mol. The topological polar surface area (TPSA) is 58.2 Å². The molecule has 6 heteroatoms. The molecule has 0 aromatic carbocycles. The maximum absolute atomic E-state index is 12.0. The maximum atomic E-state index is 12.0. The second kappa shape index (κ2) is 5.64. The van der Waals surface area contributed by atoms with Crippen LogP contribution in [0.5, 0.6) is 0 Å². The van der Waals surface area contributed by atoms with Gasteiger partial charge in [0.25, 0.3) is 0 Å². The Labute approximate surface area is 112 Å². The Morgan fingerprint density at radius 1 is 1.47 bits per heavy atom. The zero-order valence-corrected chi connectivity index (χ0v) is 11.6. The van der Waals surface area contributed by atoms with Crippen LogP contribution in [0, 0.1) is 0 Å². The maximum Gasteiger partial charge on any atom is 0.246 e. The van der Waals surface area contributed by atoms with Gasteiger partial charge in [0.05, 0.1) is 10.2 Å². The van der Waals surface area contributed by atoms with Crippen LogP contribution in [-0.2, 0) is 9.59 Å². The van der Waals surface area contributed by atoms with Crippen LogP contribution in [0.1, 0.15) is 25.7 Å². The molecule has 0 bridgehead atoms. The van der Waals surface area contributed by atoms with E-state index in [2.05, 4.69) is 26.6 Å². The van der Waals surface area contributed by atoms with E-state index in [1.165, 1.54) is 11.3 Å². The van der Waals surface area contributed by atoms with Gasteiger partial charge in [-0.2, -0.15) is 0 Å². The van der Waals surface area contributed by atoms with Gasteiger partial charge in [-0.15, -0.1) is 11.3 Å². The minimum atomic E-state index is -0.406. The second-order valence-electron chi connectivity index (χ2n) is 3.99. The second-order valence-corrected chi connectivity index (χ2v) is 5.59. The summed E-state index contributed by atoms with van der Waals surface area (Å²) in [6, 6.07) is -0.406. The summed E-state index contributed by atoms with van der Waals surface area (Å²) >= 11 is 4.86. The number of thiophene rings is 1. The molecule has 1 aliphatic rings. The highest BCUT2D eigenvalue weighted by Gasteiger charge is 2.23. The fourth-order valence-corrected chi connectivity index (χ4v) is 3.09. The van der Waals surface area contributed by atoms with E-state index in [9.17, 15) is 9.59 Å². The molecule has 1 aromatic rings. The van der Waals surface area contributed by atoms with Gasteiger partial charge in [-0.05, 0) is 28.8 Å². The van der Waals surface area contributed by atoms with E-state index in [4.69, 9.17) is 0 Å². The molecule has 0 aliphatic carbocycles. The highest BCUT2D eigenvalue weighted by Crippen LogP contribution is 2.26. The van der Waals surface area contributed by atoms with Crippen LogP contribution in [0.4, 0.5) is 5.69 Å². The number of carbonyl (C=O) groups is 2. The number of hydrogen-bond donors (Lipinski definition) is 2. The molecule has 1 atom stereocenters. The summed E-state index contributed by atoms with van der Waals surface area (Å²) in [5.74, 6) is -0.175. The van der Waals surface area contributed by atoms with E-state index >= 15 is 0 Å². The lowest BCUT2D eigenvalue weighted by Gasteiger charge is -2.15. The van der Waals surface area contributed by atoms with Crippen LogP contribution in [0.3, 0.4) is 0 Å². The Morgan fingerprint density at radius 3 is 3.00 bits per heavy atom. The Balaban J connectivity index is 1.99. The molecular formula is C11H13BrN2O2S. The molecule has 2 amide bonds. The van der Waals surface area contributed by atoms with E-state index in [1.807, 2.05) is 10.8 Å². The summed E-state index contributed by atoms with van der Waals surface area (Å²) in [5, 5.41) is 9.33. The third-order valence-corrected chi connectivity index (χ3v) is 4.37. The summed E-state index contributed by atoms with van der Waals surface area (Å²) in [6.07, 6.45) is 2.99. The molecule has 1 unspecified atom stereocenters. The van der Waals surface area contributed by atoms with E-state index in [-0.39, 0.29) is 11.8 Å². The fourth-order valence-electron chi connectivity index (χ4n) is 1.76. The highest BCUT2D eigenvalue weighted by molar-refractivity contribution is 9.10. The van der Waals surface area contributed by atoms with Crippen LogP contribution in [-0.4, -0.2) is 17.9 Å². The first-order chi connectivity index (χ1) is 8.16. The predicted molar refractivity (Wildman–Crippen MR) is 71.0 cm³/mol. The molecule has 1 saturated heterocycles. The minimum absolute atomic E-state index is 0.0352. The fraction of sp³-hybridized carbons (Fsp3) is 0.455. The smallest absolute Gasteiger partial charge is 0.246 e. The lowest BCUT2D eigenvalue weighted by atomic mass is 10.1. The van der Waals surface area contributed by atoms with Crippen LogP contribution < -0.4 is 10.6 Å². The SMILES string of the molecule is O=C1CCCCC(C(=O)Nc2cscc2Br)N1. The first kappa shape index (κ1) is 12.6. The molecule has 2 heterocycles. The molecule has 0 saturated carbocycles. The van der Waals surface area contributed by atoms with Crippen LogP contribution >= 0.6 is 27.3 Å². The number of carbonyl (C=O) groups excluding carboxylic acids is 2.